The summed E-state index contributed by atoms with van der Waals surface area (Å²) in [5.74, 6) is 0.131. The lowest BCUT2D eigenvalue weighted by molar-refractivity contribution is 0.0738. The number of hydrogen-bond acceptors (Lipinski definition) is 4. The second kappa shape index (κ2) is 13.9. The van der Waals surface area contributed by atoms with Gasteiger partial charge >= 0.3 is 5.97 Å². The molecule has 10 aromatic carbocycles. The fourth-order valence-electron chi connectivity index (χ4n) is 8.19. The van der Waals surface area contributed by atoms with Gasteiger partial charge in [-0.05, 0) is 102 Å². The normalized spacial score (nSPS) is 11.4. The number of benzene rings is 10. The molecule has 0 radical (unpaired) electrons. The molecule has 0 unspecified atom stereocenters. The highest BCUT2D eigenvalue weighted by atomic mass is 16.5. The van der Waals surface area contributed by atoms with Gasteiger partial charge in [-0.1, -0.05) is 158 Å². The first-order valence-corrected chi connectivity index (χ1v) is 18.9. The minimum absolute atomic E-state index is 0.107. The highest BCUT2D eigenvalue weighted by Gasteiger charge is 2.28. The monoisotopic (exact) mass is 734 g/mol. The molecule has 0 aliphatic heterocycles. The van der Waals surface area contributed by atoms with Gasteiger partial charge in [0.15, 0.2) is 0 Å². The highest BCUT2D eigenvalue weighted by molar-refractivity contribution is 6.21. The van der Waals surface area contributed by atoms with E-state index in [0.29, 0.717) is 22.4 Å². The fraction of sp³-hybridized carbons (Fsp3) is 0. The van der Waals surface area contributed by atoms with E-state index >= 15 is 0 Å². The van der Waals surface area contributed by atoms with Crippen molar-refractivity contribution in [3.63, 3.8) is 0 Å². The molecule has 0 spiro atoms. The number of hydrogen-bond donors (Lipinski definition) is 2. The number of esters is 1. The van der Waals surface area contributed by atoms with Gasteiger partial charge < -0.3 is 14.9 Å². The Balaban J connectivity index is 1.31. The van der Waals surface area contributed by atoms with E-state index < -0.39 is 5.97 Å². The van der Waals surface area contributed by atoms with E-state index in [2.05, 4.69) is 66.7 Å². The van der Waals surface area contributed by atoms with E-state index in [9.17, 15) is 15.0 Å². The topological polar surface area (TPSA) is 66.8 Å². The maximum absolute atomic E-state index is 14.6. The number of fused-ring (bicyclic) bond motifs is 6. The molecule has 4 nitrogen and oxygen atoms in total. The molecule has 0 aliphatic carbocycles. The van der Waals surface area contributed by atoms with Crippen molar-refractivity contribution in [2.24, 2.45) is 0 Å². The summed E-state index contributed by atoms with van der Waals surface area (Å²) in [5, 5.41) is 29.9. The quantitative estimate of drug-likeness (QED) is 0.101. The van der Waals surface area contributed by atoms with Crippen LogP contribution in [0.25, 0.3) is 87.6 Å². The van der Waals surface area contributed by atoms with Crippen molar-refractivity contribution in [2.45, 2.75) is 0 Å². The number of carbonyl (C=O) groups is 1. The molecule has 57 heavy (non-hydrogen) atoms. The van der Waals surface area contributed by atoms with Crippen LogP contribution in [0.4, 0.5) is 0 Å². The number of ether oxygens (including phenoxy) is 1. The second-order valence-corrected chi connectivity index (χ2v) is 14.3. The summed E-state index contributed by atoms with van der Waals surface area (Å²) in [6.07, 6.45) is 0. The second-order valence-electron chi connectivity index (χ2n) is 14.3. The van der Waals surface area contributed by atoms with Crippen molar-refractivity contribution in [2.75, 3.05) is 0 Å². The van der Waals surface area contributed by atoms with Gasteiger partial charge in [0.2, 0.25) is 0 Å². The third-order valence-electron chi connectivity index (χ3n) is 10.9. The zero-order chi connectivity index (χ0) is 38.5. The van der Waals surface area contributed by atoms with Gasteiger partial charge in [0, 0.05) is 21.9 Å². The van der Waals surface area contributed by atoms with Crippen LogP contribution in [0.2, 0.25) is 0 Å². The van der Waals surface area contributed by atoms with Crippen molar-refractivity contribution in [1.29, 1.82) is 0 Å². The van der Waals surface area contributed by atoms with Gasteiger partial charge in [-0.25, -0.2) is 4.79 Å². The minimum Gasteiger partial charge on any atom is -0.508 e. The molecular weight excluding hydrogens is 701 g/mol. The van der Waals surface area contributed by atoms with E-state index in [1.54, 1.807) is 24.3 Å². The first-order chi connectivity index (χ1) is 28.0. The Morgan fingerprint density at radius 3 is 1.44 bits per heavy atom. The van der Waals surface area contributed by atoms with E-state index in [-0.39, 0.29) is 11.5 Å². The van der Waals surface area contributed by atoms with Crippen LogP contribution < -0.4 is 4.74 Å². The molecule has 10 rings (SSSR count). The largest absolute Gasteiger partial charge is 0.508 e. The summed E-state index contributed by atoms with van der Waals surface area (Å²) in [7, 11) is 0. The summed E-state index contributed by atoms with van der Waals surface area (Å²) in [6, 6.07) is 63.2. The average molecular weight is 735 g/mol. The summed E-state index contributed by atoms with van der Waals surface area (Å²) in [6.45, 7) is 0. The molecule has 0 heterocycles. The van der Waals surface area contributed by atoms with Gasteiger partial charge in [-0.2, -0.15) is 0 Å². The van der Waals surface area contributed by atoms with Crippen molar-refractivity contribution in [1.82, 2.24) is 0 Å². The van der Waals surface area contributed by atoms with Crippen LogP contribution in [-0.2, 0) is 0 Å². The molecule has 0 saturated carbocycles. The van der Waals surface area contributed by atoms with Crippen LogP contribution >= 0.6 is 0 Å². The molecule has 10 aromatic rings. The standard InChI is InChI=1S/C53H34O4/c54-42-29-27-34(28-30-42)33-19-23-39(24-20-33)53(56)57-52-48-41(26-22-38-16-8-10-18-44(38)48)32-46(36-13-5-2-6-14-36)50(52)49-45(35-11-3-1-4-12-35)31-40-25-21-37-15-7-9-17-43(37)47(40)51(49)55/h1-32,54-55H. The predicted octanol–water partition coefficient (Wildman–Crippen LogP) is 13.6. The van der Waals surface area contributed by atoms with Crippen LogP contribution in [-0.4, -0.2) is 16.2 Å². The van der Waals surface area contributed by atoms with Crippen molar-refractivity contribution >= 4 is 49.1 Å². The Bertz CT molecular complexity index is 3150. The predicted molar refractivity (Wildman–Crippen MR) is 233 cm³/mol. The first kappa shape index (κ1) is 33.8. The van der Waals surface area contributed by atoms with Crippen molar-refractivity contribution in [3.8, 4) is 61.8 Å². The molecule has 4 heteroatoms. The third kappa shape index (κ3) is 5.92. The lowest BCUT2D eigenvalue weighted by atomic mass is 9.83. The lowest BCUT2D eigenvalue weighted by Gasteiger charge is -2.23. The zero-order valence-corrected chi connectivity index (χ0v) is 30.7. The van der Waals surface area contributed by atoms with Crippen LogP contribution in [0.3, 0.4) is 0 Å². The van der Waals surface area contributed by atoms with E-state index in [4.69, 9.17) is 4.74 Å². The third-order valence-corrected chi connectivity index (χ3v) is 10.9. The van der Waals surface area contributed by atoms with E-state index in [0.717, 1.165) is 76.5 Å². The molecule has 2 N–H and O–H groups in total. The molecular formula is C53H34O4. The first-order valence-electron chi connectivity index (χ1n) is 18.9. The summed E-state index contributed by atoms with van der Waals surface area (Å²) in [4.78, 5) is 14.6. The van der Waals surface area contributed by atoms with Crippen molar-refractivity contribution in [3.05, 3.63) is 200 Å². The summed E-state index contributed by atoms with van der Waals surface area (Å²) < 4.78 is 6.79. The molecule has 0 aliphatic rings. The molecule has 0 fully saturated rings. The fourth-order valence-corrected chi connectivity index (χ4v) is 8.19. The number of rotatable bonds is 6. The number of aromatic hydroxyl groups is 2. The summed E-state index contributed by atoms with van der Waals surface area (Å²) in [5.41, 5.74) is 6.82. The Labute approximate surface area is 329 Å². The molecule has 0 amide bonds. The number of phenols is 2. The molecule has 270 valence electrons. The Kier molecular flexibility index (Phi) is 8.23. The number of phenolic OH excluding ortho intramolecular Hbond substituents is 2. The van der Waals surface area contributed by atoms with Gasteiger partial charge in [0.05, 0.1) is 5.56 Å². The lowest BCUT2D eigenvalue weighted by Crippen LogP contribution is -2.10. The van der Waals surface area contributed by atoms with Crippen LogP contribution in [0.15, 0.2) is 194 Å². The number of carbonyl (C=O) groups excluding carboxylic acids is 1. The van der Waals surface area contributed by atoms with Gasteiger partial charge in [0.25, 0.3) is 0 Å². The molecule has 0 bridgehead atoms. The van der Waals surface area contributed by atoms with Crippen LogP contribution in [0.5, 0.6) is 17.2 Å². The smallest absolute Gasteiger partial charge is 0.343 e. The van der Waals surface area contributed by atoms with Gasteiger partial charge in [-0.3, -0.25) is 0 Å². The molecule has 0 saturated heterocycles. The maximum Gasteiger partial charge on any atom is 0.343 e. The van der Waals surface area contributed by atoms with Crippen LogP contribution in [0.1, 0.15) is 10.4 Å². The van der Waals surface area contributed by atoms with Crippen LogP contribution in [0, 0.1) is 0 Å². The molecule has 0 atom stereocenters. The van der Waals surface area contributed by atoms with Gasteiger partial charge in [-0.15, -0.1) is 0 Å². The zero-order valence-electron chi connectivity index (χ0n) is 30.7. The van der Waals surface area contributed by atoms with E-state index in [1.807, 2.05) is 103 Å². The minimum atomic E-state index is -0.528. The SMILES string of the molecule is O=C(Oc1c(-c2c(-c3ccccc3)cc3ccc4ccccc4c3c2O)c(-c2ccccc2)cc2ccc3ccccc3c12)c1ccc(-c2ccc(O)cc2)cc1. The highest BCUT2D eigenvalue weighted by Crippen LogP contribution is 2.54. The Morgan fingerprint density at radius 1 is 0.404 bits per heavy atom. The maximum atomic E-state index is 14.6. The van der Waals surface area contributed by atoms with E-state index in [1.165, 1.54) is 0 Å². The Hall–Kier alpha value is -7.69. The summed E-state index contributed by atoms with van der Waals surface area (Å²) >= 11 is 0. The van der Waals surface area contributed by atoms with Gasteiger partial charge in [0.1, 0.15) is 17.2 Å². The van der Waals surface area contributed by atoms with Crippen molar-refractivity contribution < 1.29 is 19.7 Å². The molecule has 0 aromatic heterocycles. The Morgan fingerprint density at radius 2 is 0.860 bits per heavy atom. The average Bonchev–Trinajstić information content (AvgIpc) is 3.27.